The van der Waals surface area contributed by atoms with Crippen LogP contribution in [0.25, 0.3) is 0 Å². The third kappa shape index (κ3) is 2.61. The standard InChI is InChI=1S/C10H15IN4O2/c1-2-17-6-3-5(12)8(6)15-9-7(11)10(16)14-4-13-9/h4-6,8H,2-3,12H2,1H3,(H2,13,14,15,16). The predicted molar refractivity (Wildman–Crippen MR) is 73.0 cm³/mol. The van der Waals surface area contributed by atoms with Crippen LogP contribution < -0.4 is 16.6 Å². The Morgan fingerprint density at radius 1 is 1.76 bits per heavy atom. The molecule has 0 bridgehead atoms. The lowest BCUT2D eigenvalue weighted by atomic mass is 9.83. The van der Waals surface area contributed by atoms with Crippen LogP contribution in [0.5, 0.6) is 0 Å². The number of aromatic nitrogens is 2. The summed E-state index contributed by atoms with van der Waals surface area (Å²) in [7, 11) is 0. The molecule has 0 spiro atoms. The third-order valence-electron chi connectivity index (χ3n) is 2.85. The number of hydrogen-bond acceptors (Lipinski definition) is 5. The van der Waals surface area contributed by atoms with Crippen LogP contribution >= 0.6 is 22.6 Å². The Hall–Kier alpha value is -0.670. The lowest BCUT2D eigenvalue weighted by molar-refractivity contribution is -0.0127. The Morgan fingerprint density at radius 3 is 3.18 bits per heavy atom. The van der Waals surface area contributed by atoms with Gasteiger partial charge in [-0.2, -0.15) is 0 Å². The number of anilines is 1. The maximum atomic E-state index is 11.4. The highest BCUT2D eigenvalue weighted by Crippen LogP contribution is 2.26. The van der Waals surface area contributed by atoms with Crippen LogP contribution in [0.3, 0.4) is 0 Å². The summed E-state index contributed by atoms with van der Waals surface area (Å²) >= 11 is 1.96. The van der Waals surface area contributed by atoms with Gasteiger partial charge in [-0.05, 0) is 35.9 Å². The molecule has 4 N–H and O–H groups in total. The molecule has 1 aromatic rings. The monoisotopic (exact) mass is 350 g/mol. The average Bonchev–Trinajstić information content (AvgIpc) is 2.31. The van der Waals surface area contributed by atoms with Crippen molar-refractivity contribution >= 4 is 28.4 Å². The zero-order valence-electron chi connectivity index (χ0n) is 9.44. The van der Waals surface area contributed by atoms with Crippen LogP contribution in [0.1, 0.15) is 13.3 Å². The normalized spacial score (nSPS) is 27.6. The molecule has 2 rings (SSSR count). The maximum absolute atomic E-state index is 11.4. The van der Waals surface area contributed by atoms with E-state index < -0.39 is 0 Å². The average molecular weight is 350 g/mol. The molecule has 1 aromatic heterocycles. The van der Waals surface area contributed by atoms with Crippen molar-refractivity contribution in [3.63, 3.8) is 0 Å². The van der Waals surface area contributed by atoms with Crippen molar-refractivity contribution in [2.75, 3.05) is 11.9 Å². The van der Waals surface area contributed by atoms with E-state index in [1.54, 1.807) is 0 Å². The van der Waals surface area contributed by atoms with Crippen molar-refractivity contribution in [1.29, 1.82) is 0 Å². The van der Waals surface area contributed by atoms with Gasteiger partial charge in [-0.15, -0.1) is 0 Å². The van der Waals surface area contributed by atoms with Crippen LogP contribution in [0, 0.1) is 3.57 Å². The van der Waals surface area contributed by atoms with E-state index in [1.165, 1.54) is 6.33 Å². The van der Waals surface area contributed by atoms with E-state index >= 15 is 0 Å². The van der Waals surface area contributed by atoms with E-state index in [0.29, 0.717) is 16.0 Å². The van der Waals surface area contributed by atoms with Gasteiger partial charge in [0.25, 0.3) is 5.56 Å². The van der Waals surface area contributed by atoms with Crippen molar-refractivity contribution in [1.82, 2.24) is 9.97 Å². The molecule has 0 radical (unpaired) electrons. The first-order chi connectivity index (χ1) is 8.13. The molecule has 0 saturated heterocycles. The highest BCUT2D eigenvalue weighted by Gasteiger charge is 2.39. The summed E-state index contributed by atoms with van der Waals surface area (Å²) in [6, 6.07) is 0.0706. The maximum Gasteiger partial charge on any atom is 0.266 e. The van der Waals surface area contributed by atoms with Gasteiger partial charge in [0.2, 0.25) is 0 Å². The van der Waals surface area contributed by atoms with Crippen molar-refractivity contribution in [3.05, 3.63) is 20.3 Å². The largest absolute Gasteiger partial charge is 0.376 e. The molecular formula is C10H15IN4O2. The van der Waals surface area contributed by atoms with Crippen molar-refractivity contribution in [2.45, 2.75) is 31.5 Å². The van der Waals surface area contributed by atoms with E-state index in [9.17, 15) is 4.79 Å². The fraction of sp³-hybridized carbons (Fsp3) is 0.600. The fourth-order valence-corrected chi connectivity index (χ4v) is 2.32. The van der Waals surface area contributed by atoms with Crippen LogP contribution in [0.2, 0.25) is 0 Å². The molecule has 1 fully saturated rings. The molecule has 0 amide bonds. The first kappa shape index (κ1) is 12.8. The van der Waals surface area contributed by atoms with Gasteiger partial charge >= 0.3 is 0 Å². The number of rotatable bonds is 4. The van der Waals surface area contributed by atoms with Crippen LogP contribution in [-0.2, 0) is 4.74 Å². The minimum Gasteiger partial charge on any atom is -0.376 e. The Labute approximate surface area is 112 Å². The molecule has 3 atom stereocenters. The summed E-state index contributed by atoms with van der Waals surface area (Å²) in [5, 5.41) is 3.18. The first-order valence-electron chi connectivity index (χ1n) is 5.50. The summed E-state index contributed by atoms with van der Waals surface area (Å²) in [6.07, 6.45) is 2.32. The smallest absolute Gasteiger partial charge is 0.266 e. The molecule has 1 saturated carbocycles. The zero-order chi connectivity index (χ0) is 12.4. The lowest BCUT2D eigenvalue weighted by Crippen LogP contribution is -2.60. The second-order valence-corrected chi connectivity index (χ2v) is 5.04. The topological polar surface area (TPSA) is 93.0 Å². The number of nitrogens with zero attached hydrogens (tertiary/aromatic N) is 1. The second-order valence-electron chi connectivity index (χ2n) is 3.96. The van der Waals surface area contributed by atoms with Crippen molar-refractivity contribution in [2.24, 2.45) is 5.73 Å². The number of nitrogens with two attached hydrogens (primary N) is 1. The molecule has 0 aliphatic heterocycles. The number of aromatic amines is 1. The van der Waals surface area contributed by atoms with Crippen molar-refractivity contribution < 1.29 is 4.74 Å². The first-order valence-corrected chi connectivity index (χ1v) is 6.58. The number of nitrogens with one attached hydrogen (secondary N) is 2. The molecule has 17 heavy (non-hydrogen) atoms. The van der Waals surface area contributed by atoms with E-state index in [4.69, 9.17) is 10.5 Å². The minimum atomic E-state index is -0.149. The van der Waals surface area contributed by atoms with Crippen molar-refractivity contribution in [3.8, 4) is 0 Å². The van der Waals surface area contributed by atoms with Gasteiger partial charge in [-0.25, -0.2) is 4.98 Å². The Morgan fingerprint density at radius 2 is 2.53 bits per heavy atom. The van der Waals surface area contributed by atoms with Gasteiger partial charge in [-0.1, -0.05) is 0 Å². The summed E-state index contributed by atoms with van der Waals surface area (Å²) in [5.41, 5.74) is 5.77. The fourth-order valence-electron chi connectivity index (χ4n) is 1.87. The van der Waals surface area contributed by atoms with Gasteiger partial charge in [-0.3, -0.25) is 4.79 Å². The van der Waals surface area contributed by atoms with Crippen LogP contribution in [0.4, 0.5) is 5.82 Å². The molecular weight excluding hydrogens is 335 g/mol. The van der Waals surface area contributed by atoms with E-state index in [0.717, 1.165) is 6.42 Å². The number of halogens is 1. The molecule has 94 valence electrons. The molecule has 1 heterocycles. The number of ether oxygens (including phenoxy) is 1. The summed E-state index contributed by atoms with van der Waals surface area (Å²) in [5.74, 6) is 0.569. The molecule has 7 heteroatoms. The van der Waals surface area contributed by atoms with Gasteiger partial charge in [0.05, 0.1) is 18.5 Å². The Bertz CT molecular complexity index is 448. The second kappa shape index (κ2) is 5.32. The lowest BCUT2D eigenvalue weighted by Gasteiger charge is -2.42. The molecule has 1 aliphatic carbocycles. The van der Waals surface area contributed by atoms with Gasteiger partial charge in [0.1, 0.15) is 9.39 Å². The molecule has 6 nitrogen and oxygen atoms in total. The van der Waals surface area contributed by atoms with Gasteiger partial charge in [0, 0.05) is 12.6 Å². The zero-order valence-corrected chi connectivity index (χ0v) is 11.6. The molecule has 3 unspecified atom stereocenters. The summed E-state index contributed by atoms with van der Waals surface area (Å²) < 4.78 is 6.09. The minimum absolute atomic E-state index is 0.0257. The highest BCUT2D eigenvalue weighted by molar-refractivity contribution is 14.1. The number of H-pyrrole nitrogens is 1. The SMILES string of the molecule is CCOC1CC(N)C1Nc1nc[nH]c(=O)c1I. The Balaban J connectivity index is 2.09. The van der Waals surface area contributed by atoms with E-state index in [2.05, 4.69) is 15.3 Å². The van der Waals surface area contributed by atoms with E-state index in [1.807, 2.05) is 29.5 Å². The van der Waals surface area contributed by atoms with E-state index in [-0.39, 0.29) is 23.7 Å². The highest BCUT2D eigenvalue weighted by atomic mass is 127. The van der Waals surface area contributed by atoms with Gasteiger partial charge < -0.3 is 20.8 Å². The number of hydrogen-bond donors (Lipinski definition) is 3. The summed E-state index contributed by atoms with van der Waals surface area (Å²) in [6.45, 7) is 2.62. The predicted octanol–water partition coefficient (Wildman–Crippen LogP) is 0.291. The Kier molecular flexibility index (Phi) is 4.00. The molecule has 0 aromatic carbocycles. The third-order valence-corrected chi connectivity index (χ3v) is 3.85. The summed E-state index contributed by atoms with van der Waals surface area (Å²) in [4.78, 5) is 18.0. The quantitative estimate of drug-likeness (QED) is 0.679. The van der Waals surface area contributed by atoms with Crippen LogP contribution in [0.15, 0.2) is 11.1 Å². The molecule has 1 aliphatic rings. The van der Waals surface area contributed by atoms with Crippen LogP contribution in [-0.4, -0.2) is 34.8 Å². The van der Waals surface area contributed by atoms with Gasteiger partial charge in [0.15, 0.2) is 0 Å².